The minimum Gasteiger partial charge on any atom is -0.330 e. The van der Waals surface area contributed by atoms with Gasteiger partial charge in [0.15, 0.2) is 0 Å². The van der Waals surface area contributed by atoms with Crippen LogP contribution in [0.4, 0.5) is 0 Å². The Bertz CT molecular complexity index is 478. The second kappa shape index (κ2) is 5.63. The highest BCUT2D eigenvalue weighted by Crippen LogP contribution is 2.22. The molecule has 0 aliphatic heterocycles. The molecule has 1 aromatic heterocycles. The second-order valence-electron chi connectivity index (χ2n) is 4.05. The van der Waals surface area contributed by atoms with E-state index in [2.05, 4.69) is 10.4 Å². The zero-order valence-electron chi connectivity index (χ0n) is 9.69. The largest absolute Gasteiger partial charge is 0.330 e. The molecule has 2 N–H and O–H groups in total. The van der Waals surface area contributed by atoms with Crippen LogP contribution in [0.5, 0.6) is 0 Å². The van der Waals surface area contributed by atoms with Crippen LogP contribution in [-0.2, 0) is 6.42 Å². The van der Waals surface area contributed by atoms with Crippen LogP contribution in [0.25, 0.3) is 0 Å². The molecule has 4 heteroatoms. The topological polar surface area (TPSA) is 38.9 Å². The third-order valence-electron chi connectivity index (χ3n) is 2.75. The van der Waals surface area contributed by atoms with Gasteiger partial charge in [-0.15, -0.1) is 11.3 Å². The van der Waals surface area contributed by atoms with Gasteiger partial charge in [-0.05, 0) is 37.6 Å². The van der Waals surface area contributed by atoms with Gasteiger partial charge in [-0.1, -0.05) is 23.7 Å². The van der Waals surface area contributed by atoms with E-state index < -0.39 is 0 Å². The number of hydrogen-bond acceptors (Lipinski definition) is 3. The molecule has 0 radical (unpaired) electrons. The Morgan fingerprint density at radius 1 is 1.35 bits per heavy atom. The van der Waals surface area contributed by atoms with Crippen LogP contribution >= 0.6 is 22.9 Å². The Kier molecular flexibility index (Phi) is 4.15. The fourth-order valence-electron chi connectivity index (χ4n) is 1.83. The minimum atomic E-state index is 0.314. The van der Waals surface area contributed by atoms with Gasteiger partial charge in [0, 0.05) is 16.3 Å². The summed E-state index contributed by atoms with van der Waals surface area (Å²) < 4.78 is 0. The van der Waals surface area contributed by atoms with Gasteiger partial charge in [-0.25, -0.2) is 4.98 Å². The number of rotatable bonds is 4. The zero-order valence-corrected chi connectivity index (χ0v) is 11.3. The first-order valence-corrected chi connectivity index (χ1v) is 6.81. The molecule has 2 aromatic rings. The number of nitrogens with zero attached hydrogens (tertiary/aromatic N) is 1. The van der Waals surface area contributed by atoms with Gasteiger partial charge >= 0.3 is 0 Å². The molecule has 2 nitrogen and oxygen atoms in total. The lowest BCUT2D eigenvalue weighted by molar-refractivity contribution is 0.684. The average Bonchev–Trinajstić information content (AvgIpc) is 2.73. The first-order chi connectivity index (χ1) is 8.19. The van der Waals surface area contributed by atoms with Crippen molar-refractivity contribution < 1.29 is 0 Å². The molecule has 0 aliphatic rings. The molecule has 0 saturated carbocycles. The minimum absolute atomic E-state index is 0.314. The van der Waals surface area contributed by atoms with Crippen molar-refractivity contribution in [1.82, 2.24) is 4.98 Å². The summed E-state index contributed by atoms with van der Waals surface area (Å²) in [4.78, 5) is 4.48. The van der Waals surface area contributed by atoms with E-state index >= 15 is 0 Å². The zero-order chi connectivity index (χ0) is 12.3. The summed E-state index contributed by atoms with van der Waals surface area (Å²) in [6.45, 7) is 2.64. The molecule has 1 unspecified atom stereocenters. The molecule has 1 aromatic carbocycles. The molecule has 17 heavy (non-hydrogen) atoms. The van der Waals surface area contributed by atoms with Gasteiger partial charge in [-0.2, -0.15) is 0 Å². The van der Waals surface area contributed by atoms with Gasteiger partial charge in [-0.3, -0.25) is 0 Å². The monoisotopic (exact) mass is 266 g/mol. The molecule has 0 aliphatic carbocycles. The Hall–Kier alpha value is -0.900. The molecular formula is C13H15ClN2S. The van der Waals surface area contributed by atoms with E-state index in [1.807, 2.05) is 31.2 Å². The Labute approximate surface area is 110 Å². The van der Waals surface area contributed by atoms with Crippen LogP contribution in [0.1, 0.15) is 22.2 Å². The number of aromatic nitrogens is 1. The quantitative estimate of drug-likeness (QED) is 0.921. The Balaban J connectivity index is 2.13. The fourth-order valence-corrected chi connectivity index (χ4v) is 2.58. The third-order valence-corrected chi connectivity index (χ3v) is 3.82. The van der Waals surface area contributed by atoms with Crippen LogP contribution in [0.2, 0.25) is 5.02 Å². The highest BCUT2D eigenvalue weighted by molar-refractivity contribution is 7.09. The van der Waals surface area contributed by atoms with Crippen molar-refractivity contribution in [3.8, 4) is 0 Å². The predicted molar refractivity (Wildman–Crippen MR) is 73.8 cm³/mol. The molecule has 0 saturated heterocycles. The maximum absolute atomic E-state index is 5.88. The molecule has 0 spiro atoms. The van der Waals surface area contributed by atoms with Crippen LogP contribution < -0.4 is 5.73 Å². The molecule has 1 atom stereocenters. The van der Waals surface area contributed by atoms with Gasteiger partial charge in [0.1, 0.15) is 0 Å². The summed E-state index contributed by atoms with van der Waals surface area (Å²) >= 11 is 7.56. The summed E-state index contributed by atoms with van der Waals surface area (Å²) in [5, 5.41) is 3.97. The van der Waals surface area contributed by atoms with Crippen molar-refractivity contribution in [2.45, 2.75) is 19.3 Å². The maximum atomic E-state index is 5.88. The van der Waals surface area contributed by atoms with Crippen molar-refractivity contribution in [3.63, 3.8) is 0 Å². The van der Waals surface area contributed by atoms with Crippen LogP contribution in [0.15, 0.2) is 29.6 Å². The highest BCUT2D eigenvalue weighted by Gasteiger charge is 2.12. The molecular weight excluding hydrogens is 252 g/mol. The van der Waals surface area contributed by atoms with E-state index in [0.29, 0.717) is 12.5 Å². The number of nitrogens with two attached hydrogens (primary N) is 1. The van der Waals surface area contributed by atoms with E-state index in [1.165, 1.54) is 5.56 Å². The summed E-state index contributed by atoms with van der Waals surface area (Å²) in [5.41, 5.74) is 8.19. The average molecular weight is 267 g/mol. The van der Waals surface area contributed by atoms with Gasteiger partial charge in [0.05, 0.1) is 10.7 Å². The lowest BCUT2D eigenvalue weighted by Crippen LogP contribution is -2.15. The molecule has 0 amide bonds. The number of hydrogen-bond donors (Lipinski definition) is 1. The van der Waals surface area contributed by atoms with Crippen molar-refractivity contribution in [1.29, 1.82) is 0 Å². The number of aryl methyl sites for hydroxylation is 1. The maximum Gasteiger partial charge on any atom is 0.0897 e. The van der Waals surface area contributed by atoms with Crippen LogP contribution in [0, 0.1) is 6.92 Å². The summed E-state index contributed by atoms with van der Waals surface area (Å²) in [7, 11) is 0. The van der Waals surface area contributed by atoms with Crippen LogP contribution in [0.3, 0.4) is 0 Å². The normalized spacial score (nSPS) is 12.6. The summed E-state index contributed by atoms with van der Waals surface area (Å²) in [5.74, 6) is 0.314. The highest BCUT2D eigenvalue weighted by atomic mass is 35.5. The Morgan fingerprint density at radius 2 is 2.06 bits per heavy atom. The van der Waals surface area contributed by atoms with E-state index in [4.69, 9.17) is 17.3 Å². The fraction of sp³-hybridized carbons (Fsp3) is 0.308. The SMILES string of the molecule is Cc1nc(CC(CN)c2ccc(Cl)cc2)cs1. The number of thiazole rings is 1. The first-order valence-electron chi connectivity index (χ1n) is 5.55. The van der Waals surface area contributed by atoms with Crippen molar-refractivity contribution >= 4 is 22.9 Å². The molecule has 0 bridgehead atoms. The summed E-state index contributed by atoms with van der Waals surface area (Å²) in [6, 6.07) is 7.90. The van der Waals surface area contributed by atoms with Crippen LogP contribution in [-0.4, -0.2) is 11.5 Å². The molecule has 90 valence electrons. The molecule has 0 fully saturated rings. The van der Waals surface area contributed by atoms with Gasteiger partial charge < -0.3 is 5.73 Å². The number of benzene rings is 1. The van der Waals surface area contributed by atoms with Crippen molar-refractivity contribution in [2.24, 2.45) is 5.73 Å². The predicted octanol–water partition coefficient (Wildman–Crippen LogP) is 3.39. The summed E-state index contributed by atoms with van der Waals surface area (Å²) in [6.07, 6.45) is 0.891. The standard InChI is InChI=1S/C13H15ClN2S/c1-9-16-13(8-17-9)6-11(7-15)10-2-4-12(14)5-3-10/h2-5,8,11H,6-7,15H2,1H3. The smallest absolute Gasteiger partial charge is 0.0897 e. The van der Waals surface area contributed by atoms with Gasteiger partial charge in [0.25, 0.3) is 0 Å². The molecule has 1 heterocycles. The molecule has 2 rings (SSSR count). The first kappa shape index (κ1) is 12.6. The van der Waals surface area contributed by atoms with Crippen molar-refractivity contribution in [2.75, 3.05) is 6.54 Å². The van der Waals surface area contributed by atoms with Gasteiger partial charge in [0.2, 0.25) is 0 Å². The van der Waals surface area contributed by atoms with Crippen molar-refractivity contribution in [3.05, 3.63) is 50.9 Å². The van der Waals surface area contributed by atoms with E-state index in [-0.39, 0.29) is 0 Å². The van der Waals surface area contributed by atoms with E-state index in [9.17, 15) is 0 Å². The lowest BCUT2D eigenvalue weighted by atomic mass is 9.95. The van der Waals surface area contributed by atoms with E-state index in [1.54, 1.807) is 11.3 Å². The number of halogens is 1. The Morgan fingerprint density at radius 3 is 2.59 bits per heavy atom. The lowest BCUT2D eigenvalue weighted by Gasteiger charge is -2.13. The van der Waals surface area contributed by atoms with E-state index in [0.717, 1.165) is 22.1 Å². The third kappa shape index (κ3) is 3.28. The second-order valence-corrected chi connectivity index (χ2v) is 5.54.